The Balaban J connectivity index is 0.000000640. The van der Waals surface area contributed by atoms with Crippen molar-refractivity contribution in [2.45, 2.75) is 0 Å². The lowest BCUT2D eigenvalue weighted by Gasteiger charge is -1.90. The van der Waals surface area contributed by atoms with Gasteiger partial charge in [-0.2, -0.15) is 0 Å². The number of hydrogen-bond donors (Lipinski definition) is 1. The quantitative estimate of drug-likeness (QED) is 0.419. The van der Waals surface area contributed by atoms with Gasteiger partial charge in [-0.05, 0) is 20.9 Å². The van der Waals surface area contributed by atoms with Crippen molar-refractivity contribution in [1.82, 2.24) is 31.8 Å². The zero-order valence-corrected chi connectivity index (χ0v) is 4.55. The molecular formula is CH4N6O2. The van der Waals surface area contributed by atoms with Crippen molar-refractivity contribution in [1.29, 1.82) is 0 Å². The van der Waals surface area contributed by atoms with Gasteiger partial charge in [-0.1, -0.05) is 4.80 Å². The van der Waals surface area contributed by atoms with Gasteiger partial charge in [0, 0.05) is 0 Å². The SMILES string of the molecule is O=C([O-])n1nnnn1.[NH4+]. The van der Waals surface area contributed by atoms with Crippen molar-refractivity contribution in [3.8, 4) is 0 Å². The first kappa shape index (κ1) is 7.43. The molecule has 0 aliphatic heterocycles. The molecule has 0 saturated carbocycles. The minimum atomic E-state index is -1.55. The molecule has 1 aromatic heterocycles. The van der Waals surface area contributed by atoms with E-state index in [4.69, 9.17) is 0 Å². The maximum Gasteiger partial charge on any atom is 0.189 e. The van der Waals surface area contributed by atoms with Crippen LogP contribution in [0.2, 0.25) is 0 Å². The molecule has 9 heavy (non-hydrogen) atoms. The van der Waals surface area contributed by atoms with Crippen molar-refractivity contribution in [2.75, 3.05) is 0 Å². The van der Waals surface area contributed by atoms with Gasteiger partial charge in [0.05, 0.1) is 0 Å². The molecule has 0 spiro atoms. The molecule has 1 rings (SSSR count). The van der Waals surface area contributed by atoms with Gasteiger partial charge in [-0.15, -0.1) is 0 Å². The molecule has 0 aromatic carbocycles. The van der Waals surface area contributed by atoms with Gasteiger partial charge in [-0.3, -0.25) is 0 Å². The minimum Gasteiger partial charge on any atom is -0.527 e. The third-order valence-corrected chi connectivity index (χ3v) is 0.453. The second-order valence-corrected chi connectivity index (χ2v) is 0.913. The molecule has 0 aliphatic carbocycles. The Bertz CT molecular complexity index is 179. The van der Waals surface area contributed by atoms with E-state index >= 15 is 0 Å². The van der Waals surface area contributed by atoms with Gasteiger partial charge in [0.2, 0.25) is 0 Å². The van der Waals surface area contributed by atoms with E-state index in [1.165, 1.54) is 0 Å². The molecule has 0 saturated heterocycles. The van der Waals surface area contributed by atoms with Crippen LogP contribution in [0, 0.1) is 0 Å². The molecule has 8 nitrogen and oxygen atoms in total. The van der Waals surface area contributed by atoms with Crippen molar-refractivity contribution < 1.29 is 9.90 Å². The fourth-order valence-corrected chi connectivity index (χ4v) is 0.202. The first-order valence-corrected chi connectivity index (χ1v) is 1.63. The molecule has 0 unspecified atom stereocenters. The number of rotatable bonds is 0. The Morgan fingerprint density at radius 2 is 1.78 bits per heavy atom. The van der Waals surface area contributed by atoms with Gasteiger partial charge in [0.1, 0.15) is 0 Å². The van der Waals surface area contributed by atoms with Crippen LogP contribution in [0.25, 0.3) is 0 Å². The standard InChI is InChI=1S/CHN5O2.H3N/c7-1(8)6-4-2-3-5-6;/h(H,7,8);1H3. The smallest absolute Gasteiger partial charge is 0.189 e. The van der Waals surface area contributed by atoms with Crippen LogP contribution in [-0.4, -0.2) is 31.7 Å². The van der Waals surface area contributed by atoms with Crippen molar-refractivity contribution in [3.63, 3.8) is 0 Å². The molecule has 8 heteroatoms. The van der Waals surface area contributed by atoms with Crippen LogP contribution in [0.1, 0.15) is 0 Å². The monoisotopic (exact) mass is 132 g/mol. The minimum absolute atomic E-state index is 0. The molecule has 0 amide bonds. The first-order chi connectivity index (χ1) is 3.80. The molecule has 0 aliphatic rings. The Hall–Kier alpha value is -1.57. The zero-order chi connectivity index (χ0) is 5.98. The predicted octanol–water partition coefficient (Wildman–Crippen LogP) is -2.36. The molecule has 50 valence electrons. The highest BCUT2D eigenvalue weighted by Crippen LogP contribution is 1.60. The summed E-state index contributed by atoms with van der Waals surface area (Å²) in [6.07, 6.45) is -1.55. The van der Waals surface area contributed by atoms with E-state index in [-0.39, 0.29) is 10.9 Å². The summed E-state index contributed by atoms with van der Waals surface area (Å²) < 4.78 is 0. The van der Waals surface area contributed by atoms with Gasteiger partial charge < -0.3 is 16.1 Å². The summed E-state index contributed by atoms with van der Waals surface area (Å²) in [5.74, 6) is 0. The second-order valence-electron chi connectivity index (χ2n) is 0.913. The predicted molar refractivity (Wildman–Crippen MR) is 22.4 cm³/mol. The summed E-state index contributed by atoms with van der Waals surface area (Å²) in [6, 6.07) is 0. The van der Waals surface area contributed by atoms with E-state index in [1.54, 1.807) is 0 Å². The molecule has 0 radical (unpaired) electrons. The van der Waals surface area contributed by atoms with E-state index in [1.807, 2.05) is 0 Å². The van der Waals surface area contributed by atoms with E-state index in [9.17, 15) is 9.90 Å². The number of nitrogens with zero attached hydrogens (tertiary/aromatic N) is 5. The van der Waals surface area contributed by atoms with E-state index in [2.05, 4.69) is 20.9 Å². The lowest BCUT2D eigenvalue weighted by Crippen LogP contribution is -2.30. The Morgan fingerprint density at radius 1 is 1.33 bits per heavy atom. The van der Waals surface area contributed by atoms with Crippen LogP contribution < -0.4 is 11.3 Å². The summed E-state index contributed by atoms with van der Waals surface area (Å²) >= 11 is 0. The number of carboxylic acid groups (broad SMARTS) is 1. The maximum atomic E-state index is 9.71. The van der Waals surface area contributed by atoms with Crippen LogP contribution >= 0.6 is 0 Å². The zero-order valence-electron chi connectivity index (χ0n) is 4.55. The van der Waals surface area contributed by atoms with Gasteiger partial charge in [0.15, 0.2) is 6.09 Å². The average Bonchev–Trinajstić information content (AvgIpc) is 2.12. The highest BCUT2D eigenvalue weighted by Gasteiger charge is 1.89. The summed E-state index contributed by atoms with van der Waals surface area (Å²) in [4.78, 5) is 9.96. The Kier molecular flexibility index (Phi) is 2.20. The topological polar surface area (TPSA) is 133 Å². The number of quaternary nitrogens is 1. The average molecular weight is 132 g/mol. The van der Waals surface area contributed by atoms with Crippen LogP contribution in [-0.2, 0) is 0 Å². The van der Waals surface area contributed by atoms with E-state index in [0.29, 0.717) is 0 Å². The van der Waals surface area contributed by atoms with Gasteiger partial charge in [0.25, 0.3) is 0 Å². The molecule has 0 bridgehead atoms. The van der Waals surface area contributed by atoms with Crippen LogP contribution in [0.15, 0.2) is 0 Å². The highest BCUT2D eigenvalue weighted by atomic mass is 16.4. The summed E-state index contributed by atoms with van der Waals surface area (Å²) in [5, 5.41) is 21.3. The first-order valence-electron chi connectivity index (χ1n) is 1.63. The largest absolute Gasteiger partial charge is 0.527 e. The fourth-order valence-electron chi connectivity index (χ4n) is 0.202. The normalized spacial score (nSPS) is 8.00. The lowest BCUT2D eigenvalue weighted by atomic mass is 11.2. The Labute approximate surface area is 49.0 Å². The highest BCUT2D eigenvalue weighted by molar-refractivity contribution is 5.62. The van der Waals surface area contributed by atoms with Crippen LogP contribution in [0.3, 0.4) is 0 Å². The van der Waals surface area contributed by atoms with E-state index in [0.717, 1.165) is 0 Å². The summed E-state index contributed by atoms with van der Waals surface area (Å²) in [6.45, 7) is 0. The number of aromatic nitrogens is 5. The molecule has 1 heterocycles. The molecule has 1 aromatic rings. The van der Waals surface area contributed by atoms with Crippen LogP contribution in [0.5, 0.6) is 0 Å². The van der Waals surface area contributed by atoms with E-state index < -0.39 is 6.09 Å². The molecular weight excluding hydrogens is 128 g/mol. The summed E-state index contributed by atoms with van der Waals surface area (Å²) in [7, 11) is 0. The van der Waals surface area contributed by atoms with Crippen molar-refractivity contribution >= 4 is 6.09 Å². The third-order valence-electron chi connectivity index (χ3n) is 0.453. The number of hydrogen-bond acceptors (Lipinski definition) is 6. The molecule has 0 fully saturated rings. The second kappa shape index (κ2) is 2.67. The van der Waals surface area contributed by atoms with Crippen LogP contribution in [0.4, 0.5) is 4.79 Å². The number of carbonyl (C=O) groups excluding carboxylic acids is 1. The third kappa shape index (κ3) is 1.42. The Morgan fingerprint density at radius 3 is 2.00 bits per heavy atom. The van der Waals surface area contributed by atoms with Gasteiger partial charge >= 0.3 is 0 Å². The number of carbonyl (C=O) groups is 1. The van der Waals surface area contributed by atoms with Gasteiger partial charge in [-0.25, -0.2) is 0 Å². The lowest BCUT2D eigenvalue weighted by molar-refractivity contribution is -0.253. The molecule has 4 N–H and O–H groups in total. The fraction of sp³-hybridized carbons (Fsp3) is 0. The van der Waals surface area contributed by atoms with Crippen molar-refractivity contribution in [2.24, 2.45) is 0 Å². The molecule has 0 atom stereocenters. The van der Waals surface area contributed by atoms with Crippen molar-refractivity contribution in [3.05, 3.63) is 0 Å². The summed E-state index contributed by atoms with van der Waals surface area (Å²) in [5.41, 5.74) is 0. The maximum absolute atomic E-state index is 9.71.